The summed E-state index contributed by atoms with van der Waals surface area (Å²) in [5.74, 6) is -4.48. The molecule has 2 amide bonds. The van der Waals surface area contributed by atoms with Crippen molar-refractivity contribution in [2.24, 2.45) is 0 Å². The van der Waals surface area contributed by atoms with Crippen molar-refractivity contribution in [1.82, 2.24) is 10.6 Å². The van der Waals surface area contributed by atoms with E-state index in [1.165, 1.54) is 0 Å². The third kappa shape index (κ3) is 8.28. The molecular weight excluding hydrogens is 300 g/mol. The Morgan fingerprint density at radius 1 is 1.24 bits per heavy atom. The van der Waals surface area contributed by atoms with E-state index in [0.29, 0.717) is 6.42 Å². The first-order valence-electron chi connectivity index (χ1n) is 6.40. The topological polar surface area (TPSA) is 130 Å². The summed E-state index contributed by atoms with van der Waals surface area (Å²) in [6.07, 6.45) is 0.614. The minimum absolute atomic E-state index is 0.545. The van der Waals surface area contributed by atoms with Crippen LogP contribution in [0, 0.1) is 0 Å². The second kappa shape index (κ2) is 7.39. The molecule has 0 aliphatic rings. The largest absolute Gasteiger partial charge is 0.480 e. The highest BCUT2D eigenvalue weighted by Crippen LogP contribution is 2.07. The number of rotatable bonds is 8. The predicted octanol–water partition coefficient (Wildman–Crippen LogP) is -0.705. The van der Waals surface area contributed by atoms with E-state index in [2.05, 4.69) is 5.32 Å². The summed E-state index contributed by atoms with van der Waals surface area (Å²) in [5, 5.41) is 13.4. The molecule has 122 valence electrons. The van der Waals surface area contributed by atoms with Gasteiger partial charge in [-0.1, -0.05) is 6.92 Å². The summed E-state index contributed by atoms with van der Waals surface area (Å²) in [5.41, 5.74) is -0.545. The van der Waals surface area contributed by atoms with Crippen LogP contribution in [-0.4, -0.2) is 54.4 Å². The number of nitrogens with one attached hydrogen (secondary N) is 2. The standard InChI is InChI=1S/C12H22N2O6S/c1-5-12(3,4)14-10(16)7-21(19,20)6-9(11(17)18)13-8(2)15/h9H,5-7H2,1-4H3,(H,13,15)(H,14,16)(H,17,18). The zero-order chi connectivity index (χ0) is 16.8. The molecular formula is C12H22N2O6S. The zero-order valence-corrected chi connectivity index (χ0v) is 13.4. The zero-order valence-electron chi connectivity index (χ0n) is 12.6. The predicted molar refractivity (Wildman–Crippen MR) is 76.4 cm³/mol. The number of carboxylic acid groups (broad SMARTS) is 1. The molecule has 1 unspecified atom stereocenters. The SMILES string of the molecule is CCC(C)(C)NC(=O)CS(=O)(=O)CC(NC(C)=O)C(=O)O. The van der Waals surface area contributed by atoms with Gasteiger partial charge in [0, 0.05) is 12.5 Å². The van der Waals surface area contributed by atoms with E-state index in [9.17, 15) is 22.8 Å². The van der Waals surface area contributed by atoms with Crippen LogP contribution in [0.15, 0.2) is 0 Å². The van der Waals surface area contributed by atoms with Gasteiger partial charge in [0.25, 0.3) is 0 Å². The van der Waals surface area contributed by atoms with Crippen LogP contribution in [0.2, 0.25) is 0 Å². The van der Waals surface area contributed by atoms with Crippen molar-refractivity contribution < 1.29 is 27.9 Å². The summed E-state index contributed by atoms with van der Waals surface area (Å²) >= 11 is 0. The van der Waals surface area contributed by atoms with Crippen molar-refractivity contribution in [2.75, 3.05) is 11.5 Å². The normalized spacial score (nSPS) is 13.3. The van der Waals surface area contributed by atoms with Crippen LogP contribution < -0.4 is 10.6 Å². The molecule has 0 bridgehead atoms. The molecule has 0 aromatic rings. The number of hydrogen-bond donors (Lipinski definition) is 3. The summed E-state index contributed by atoms with van der Waals surface area (Å²) in [4.78, 5) is 33.4. The monoisotopic (exact) mass is 322 g/mol. The smallest absolute Gasteiger partial charge is 0.327 e. The van der Waals surface area contributed by atoms with Crippen molar-refractivity contribution >= 4 is 27.6 Å². The fourth-order valence-electron chi connectivity index (χ4n) is 1.43. The molecule has 0 spiro atoms. The lowest BCUT2D eigenvalue weighted by atomic mass is 10.0. The maximum atomic E-state index is 11.8. The average molecular weight is 322 g/mol. The number of sulfone groups is 1. The molecule has 9 heteroatoms. The molecule has 21 heavy (non-hydrogen) atoms. The van der Waals surface area contributed by atoms with Gasteiger partial charge in [-0.05, 0) is 20.3 Å². The van der Waals surface area contributed by atoms with Gasteiger partial charge in [-0.3, -0.25) is 9.59 Å². The minimum Gasteiger partial charge on any atom is -0.480 e. The lowest BCUT2D eigenvalue weighted by Gasteiger charge is -2.24. The Hall–Kier alpha value is -1.64. The highest BCUT2D eigenvalue weighted by atomic mass is 32.2. The molecule has 0 aromatic heterocycles. The molecule has 1 atom stereocenters. The van der Waals surface area contributed by atoms with E-state index < -0.39 is 50.7 Å². The lowest BCUT2D eigenvalue weighted by molar-refractivity contribution is -0.140. The van der Waals surface area contributed by atoms with Gasteiger partial charge in [0.05, 0.1) is 5.75 Å². The fourth-order valence-corrected chi connectivity index (χ4v) is 2.76. The quantitative estimate of drug-likeness (QED) is 0.541. The van der Waals surface area contributed by atoms with Crippen LogP contribution in [0.4, 0.5) is 0 Å². The molecule has 3 N–H and O–H groups in total. The molecule has 0 aromatic carbocycles. The number of hydrogen-bond acceptors (Lipinski definition) is 5. The van der Waals surface area contributed by atoms with Crippen molar-refractivity contribution in [3.63, 3.8) is 0 Å². The molecule has 0 aliphatic carbocycles. The molecule has 0 fully saturated rings. The molecule has 0 saturated carbocycles. The molecule has 8 nitrogen and oxygen atoms in total. The summed E-state index contributed by atoms with van der Waals surface area (Å²) < 4.78 is 23.7. The van der Waals surface area contributed by atoms with Crippen molar-refractivity contribution in [1.29, 1.82) is 0 Å². The maximum absolute atomic E-state index is 11.8. The van der Waals surface area contributed by atoms with Crippen molar-refractivity contribution in [3.8, 4) is 0 Å². The van der Waals surface area contributed by atoms with E-state index >= 15 is 0 Å². The summed E-state index contributed by atoms with van der Waals surface area (Å²) in [7, 11) is -3.96. The Morgan fingerprint density at radius 2 is 1.76 bits per heavy atom. The van der Waals surface area contributed by atoms with Gasteiger partial charge in [-0.2, -0.15) is 0 Å². The second-order valence-corrected chi connectivity index (χ2v) is 7.54. The summed E-state index contributed by atoms with van der Waals surface area (Å²) in [6, 6.07) is -1.57. The van der Waals surface area contributed by atoms with Gasteiger partial charge in [0.1, 0.15) is 11.8 Å². The number of carbonyl (C=O) groups is 3. The summed E-state index contributed by atoms with van der Waals surface area (Å²) in [6.45, 7) is 6.41. The Balaban J connectivity index is 4.79. The Bertz CT molecular complexity index is 512. The Kier molecular flexibility index (Phi) is 6.81. The molecule has 0 aliphatic heterocycles. The highest BCUT2D eigenvalue weighted by molar-refractivity contribution is 7.92. The van der Waals surface area contributed by atoms with Crippen LogP contribution in [0.25, 0.3) is 0 Å². The molecule has 0 radical (unpaired) electrons. The highest BCUT2D eigenvalue weighted by Gasteiger charge is 2.29. The minimum atomic E-state index is -3.96. The maximum Gasteiger partial charge on any atom is 0.327 e. The van der Waals surface area contributed by atoms with E-state index in [1.807, 2.05) is 12.2 Å². The first-order valence-corrected chi connectivity index (χ1v) is 8.22. The second-order valence-electron chi connectivity index (χ2n) is 5.43. The van der Waals surface area contributed by atoms with E-state index in [1.54, 1.807) is 13.8 Å². The number of carboxylic acids is 1. The van der Waals surface area contributed by atoms with Crippen LogP contribution in [-0.2, 0) is 24.2 Å². The average Bonchev–Trinajstić information content (AvgIpc) is 2.25. The Morgan fingerprint density at radius 3 is 2.14 bits per heavy atom. The molecule has 0 saturated heterocycles. The van der Waals surface area contributed by atoms with Crippen LogP contribution in [0.3, 0.4) is 0 Å². The van der Waals surface area contributed by atoms with Gasteiger partial charge in [-0.15, -0.1) is 0 Å². The molecule has 0 rings (SSSR count). The van der Waals surface area contributed by atoms with Crippen LogP contribution in [0.5, 0.6) is 0 Å². The lowest BCUT2D eigenvalue weighted by Crippen LogP contribution is -2.48. The van der Waals surface area contributed by atoms with Crippen molar-refractivity contribution in [2.45, 2.75) is 45.7 Å². The van der Waals surface area contributed by atoms with E-state index in [0.717, 1.165) is 6.92 Å². The van der Waals surface area contributed by atoms with Gasteiger partial charge in [0.2, 0.25) is 11.8 Å². The van der Waals surface area contributed by atoms with Crippen LogP contribution >= 0.6 is 0 Å². The fraction of sp³-hybridized carbons (Fsp3) is 0.750. The third-order valence-electron chi connectivity index (χ3n) is 2.81. The van der Waals surface area contributed by atoms with Gasteiger partial charge in [-0.25, -0.2) is 13.2 Å². The first kappa shape index (κ1) is 19.4. The van der Waals surface area contributed by atoms with Gasteiger partial charge >= 0.3 is 5.97 Å². The Labute approximate surface area is 124 Å². The first-order chi connectivity index (χ1) is 9.38. The van der Waals surface area contributed by atoms with Gasteiger partial charge in [0.15, 0.2) is 9.84 Å². The molecule has 0 heterocycles. The van der Waals surface area contributed by atoms with E-state index in [4.69, 9.17) is 5.11 Å². The number of carbonyl (C=O) groups excluding carboxylic acids is 2. The number of aliphatic carboxylic acids is 1. The van der Waals surface area contributed by atoms with Crippen molar-refractivity contribution in [3.05, 3.63) is 0 Å². The third-order valence-corrected chi connectivity index (χ3v) is 4.35. The van der Waals surface area contributed by atoms with Crippen LogP contribution in [0.1, 0.15) is 34.1 Å². The number of amides is 2. The van der Waals surface area contributed by atoms with E-state index in [-0.39, 0.29) is 0 Å². The van der Waals surface area contributed by atoms with Gasteiger partial charge < -0.3 is 15.7 Å².